The molecule has 1 aromatic heterocycles. The van der Waals surface area contributed by atoms with E-state index in [2.05, 4.69) is 13.8 Å². The van der Waals surface area contributed by atoms with E-state index < -0.39 is 0 Å². The number of carbonyl (C=O) groups excluding carboxylic acids is 1. The summed E-state index contributed by atoms with van der Waals surface area (Å²) < 4.78 is 0. The van der Waals surface area contributed by atoms with E-state index in [9.17, 15) is 9.90 Å². The lowest BCUT2D eigenvalue weighted by molar-refractivity contribution is 0.0525. The highest BCUT2D eigenvalue weighted by atomic mass is 32.1. The molecule has 19 heavy (non-hydrogen) atoms. The van der Waals surface area contributed by atoms with E-state index >= 15 is 0 Å². The summed E-state index contributed by atoms with van der Waals surface area (Å²) in [4.78, 5) is 16.5. The molecule has 0 bridgehead atoms. The number of likely N-dealkylation sites (tertiary alicyclic amines) is 1. The fraction of sp³-hybridized carbons (Fsp3) is 0.667. The number of thiophene rings is 1. The number of hydrogen-bond acceptors (Lipinski definition) is 3. The minimum Gasteiger partial charge on any atom is -0.393 e. The first-order valence-corrected chi connectivity index (χ1v) is 7.91. The second-order valence-corrected chi connectivity index (χ2v) is 6.58. The number of piperidine rings is 1. The third-order valence-corrected chi connectivity index (χ3v) is 5.43. The van der Waals surface area contributed by atoms with E-state index in [4.69, 9.17) is 0 Å². The Morgan fingerprint density at radius 2 is 2.16 bits per heavy atom. The zero-order valence-electron chi connectivity index (χ0n) is 12.0. The standard InChI is InChI=1S/C15H23NO2S/c1-4-13-10(2)9-14(19-13)15(18)16-7-5-12(6-8-16)11(3)17/h9,11-12,17H,4-8H2,1-3H3. The maximum atomic E-state index is 12.4. The Morgan fingerprint density at radius 3 is 2.63 bits per heavy atom. The normalized spacial score (nSPS) is 18.6. The second-order valence-electron chi connectivity index (χ2n) is 5.44. The summed E-state index contributed by atoms with van der Waals surface area (Å²) in [5.74, 6) is 0.511. The van der Waals surface area contributed by atoms with Gasteiger partial charge in [0.1, 0.15) is 0 Å². The average molecular weight is 281 g/mol. The van der Waals surface area contributed by atoms with Gasteiger partial charge >= 0.3 is 0 Å². The van der Waals surface area contributed by atoms with Crippen molar-refractivity contribution in [3.63, 3.8) is 0 Å². The second kappa shape index (κ2) is 6.06. The van der Waals surface area contributed by atoms with Crippen LogP contribution in [0.4, 0.5) is 0 Å². The van der Waals surface area contributed by atoms with E-state index in [1.165, 1.54) is 10.4 Å². The number of carbonyl (C=O) groups is 1. The minimum absolute atomic E-state index is 0.164. The van der Waals surface area contributed by atoms with Crippen molar-refractivity contribution in [1.29, 1.82) is 0 Å². The molecule has 4 heteroatoms. The first-order valence-electron chi connectivity index (χ1n) is 7.09. The Balaban J connectivity index is 2.01. The van der Waals surface area contributed by atoms with Crippen LogP contribution >= 0.6 is 11.3 Å². The third kappa shape index (κ3) is 3.18. The van der Waals surface area contributed by atoms with Gasteiger partial charge in [0.25, 0.3) is 5.91 Å². The molecule has 0 aliphatic carbocycles. The number of hydrogen-bond donors (Lipinski definition) is 1. The topological polar surface area (TPSA) is 40.5 Å². The molecule has 1 N–H and O–H groups in total. The average Bonchev–Trinajstić information content (AvgIpc) is 2.79. The van der Waals surface area contributed by atoms with Gasteiger partial charge in [-0.25, -0.2) is 0 Å². The minimum atomic E-state index is -0.257. The van der Waals surface area contributed by atoms with Crippen LogP contribution in [0.3, 0.4) is 0 Å². The van der Waals surface area contributed by atoms with Crippen LogP contribution in [0.5, 0.6) is 0 Å². The van der Waals surface area contributed by atoms with Crippen LogP contribution in [0.25, 0.3) is 0 Å². The Morgan fingerprint density at radius 1 is 1.53 bits per heavy atom. The van der Waals surface area contributed by atoms with Gasteiger partial charge in [0.05, 0.1) is 11.0 Å². The van der Waals surface area contributed by atoms with Crippen LogP contribution in [-0.4, -0.2) is 35.1 Å². The number of aliphatic hydroxyl groups excluding tert-OH is 1. The zero-order valence-corrected chi connectivity index (χ0v) is 12.8. The number of rotatable bonds is 3. The summed E-state index contributed by atoms with van der Waals surface area (Å²) in [6.45, 7) is 7.59. The molecular formula is C15H23NO2S. The predicted octanol–water partition coefficient (Wildman–Crippen LogP) is 2.85. The molecule has 1 saturated heterocycles. The Kier molecular flexibility index (Phi) is 4.63. The summed E-state index contributed by atoms with van der Waals surface area (Å²) in [5, 5.41) is 9.59. The lowest BCUT2D eigenvalue weighted by Gasteiger charge is -2.33. The van der Waals surface area contributed by atoms with E-state index in [1.807, 2.05) is 17.9 Å². The first-order chi connectivity index (χ1) is 9.02. The molecule has 0 radical (unpaired) electrons. The maximum Gasteiger partial charge on any atom is 0.263 e. The van der Waals surface area contributed by atoms with E-state index in [0.717, 1.165) is 37.2 Å². The van der Waals surface area contributed by atoms with Crippen molar-refractivity contribution in [1.82, 2.24) is 4.90 Å². The summed E-state index contributed by atoms with van der Waals surface area (Å²) in [5.41, 5.74) is 1.23. The molecule has 3 nitrogen and oxygen atoms in total. The summed E-state index contributed by atoms with van der Waals surface area (Å²) >= 11 is 1.63. The van der Waals surface area contributed by atoms with Crippen molar-refractivity contribution in [2.24, 2.45) is 5.92 Å². The Labute approximate surface area is 119 Å². The quantitative estimate of drug-likeness (QED) is 0.925. The first kappa shape index (κ1) is 14.5. The molecule has 106 valence electrons. The lowest BCUT2D eigenvalue weighted by atomic mass is 9.92. The fourth-order valence-electron chi connectivity index (χ4n) is 2.72. The molecule has 1 atom stereocenters. The van der Waals surface area contributed by atoms with E-state index in [-0.39, 0.29) is 12.0 Å². The van der Waals surface area contributed by atoms with Gasteiger partial charge in [0.15, 0.2) is 0 Å². The van der Waals surface area contributed by atoms with Crippen LogP contribution in [-0.2, 0) is 6.42 Å². The van der Waals surface area contributed by atoms with Crippen LogP contribution in [0.1, 0.15) is 46.8 Å². The largest absolute Gasteiger partial charge is 0.393 e. The molecule has 0 saturated carbocycles. The predicted molar refractivity (Wildman–Crippen MR) is 78.7 cm³/mol. The molecule has 1 fully saturated rings. The summed E-state index contributed by atoms with van der Waals surface area (Å²) in [6, 6.07) is 2.02. The van der Waals surface area contributed by atoms with Gasteiger partial charge in [-0.2, -0.15) is 0 Å². The smallest absolute Gasteiger partial charge is 0.263 e. The number of amides is 1. The molecule has 0 aromatic carbocycles. The SMILES string of the molecule is CCc1sc(C(=O)N2CCC(C(C)O)CC2)cc1C. The van der Waals surface area contributed by atoms with Gasteiger partial charge in [-0.3, -0.25) is 4.79 Å². The highest BCUT2D eigenvalue weighted by molar-refractivity contribution is 7.14. The summed E-state index contributed by atoms with van der Waals surface area (Å²) in [6.07, 6.45) is 2.56. The number of aliphatic hydroxyl groups is 1. The molecule has 1 aromatic rings. The number of aryl methyl sites for hydroxylation is 2. The third-order valence-electron chi connectivity index (χ3n) is 4.06. The molecule has 1 amide bonds. The van der Waals surface area contributed by atoms with Gasteiger partial charge in [-0.15, -0.1) is 11.3 Å². The lowest BCUT2D eigenvalue weighted by Crippen LogP contribution is -2.40. The van der Waals surface area contributed by atoms with Crippen molar-refractivity contribution >= 4 is 17.2 Å². The number of nitrogens with zero attached hydrogens (tertiary/aromatic N) is 1. The van der Waals surface area contributed by atoms with Crippen LogP contribution in [0, 0.1) is 12.8 Å². The zero-order chi connectivity index (χ0) is 14.0. The maximum absolute atomic E-state index is 12.4. The molecule has 1 unspecified atom stereocenters. The molecule has 2 heterocycles. The molecule has 1 aliphatic heterocycles. The van der Waals surface area contributed by atoms with Crippen molar-refractivity contribution in [3.05, 3.63) is 21.4 Å². The van der Waals surface area contributed by atoms with Gasteiger partial charge in [0.2, 0.25) is 0 Å². The highest BCUT2D eigenvalue weighted by Crippen LogP contribution is 2.26. The van der Waals surface area contributed by atoms with Crippen molar-refractivity contribution in [2.75, 3.05) is 13.1 Å². The molecule has 0 spiro atoms. The molecule has 1 aliphatic rings. The molecule has 2 rings (SSSR count). The fourth-order valence-corrected chi connectivity index (χ4v) is 3.80. The van der Waals surface area contributed by atoms with Crippen LogP contribution in [0.2, 0.25) is 0 Å². The van der Waals surface area contributed by atoms with E-state index in [0.29, 0.717) is 5.92 Å². The summed E-state index contributed by atoms with van der Waals surface area (Å²) in [7, 11) is 0. The molecular weight excluding hydrogens is 258 g/mol. The Hall–Kier alpha value is -0.870. The van der Waals surface area contributed by atoms with Gasteiger partial charge in [0, 0.05) is 18.0 Å². The monoisotopic (exact) mass is 281 g/mol. The van der Waals surface area contributed by atoms with Crippen molar-refractivity contribution in [2.45, 2.75) is 46.1 Å². The van der Waals surface area contributed by atoms with Gasteiger partial charge < -0.3 is 10.0 Å². The van der Waals surface area contributed by atoms with Crippen LogP contribution in [0.15, 0.2) is 6.07 Å². The highest BCUT2D eigenvalue weighted by Gasteiger charge is 2.26. The van der Waals surface area contributed by atoms with Crippen molar-refractivity contribution in [3.8, 4) is 0 Å². The van der Waals surface area contributed by atoms with Gasteiger partial charge in [-0.1, -0.05) is 6.92 Å². The van der Waals surface area contributed by atoms with Crippen molar-refractivity contribution < 1.29 is 9.90 Å². The van der Waals surface area contributed by atoms with Gasteiger partial charge in [-0.05, 0) is 50.7 Å². The van der Waals surface area contributed by atoms with Crippen LogP contribution < -0.4 is 0 Å². The Bertz CT molecular complexity index is 445. The van der Waals surface area contributed by atoms with E-state index in [1.54, 1.807) is 11.3 Å².